The molecule has 21 heavy (non-hydrogen) atoms. The number of benzene rings is 1. The Hall–Kier alpha value is -1.84. The van der Waals surface area contributed by atoms with Crippen LogP contribution in [0.4, 0.5) is 11.6 Å². The number of rotatable bonds is 3. The van der Waals surface area contributed by atoms with Crippen molar-refractivity contribution < 1.29 is 0 Å². The van der Waals surface area contributed by atoms with Crippen LogP contribution in [0.15, 0.2) is 24.3 Å². The zero-order valence-electron chi connectivity index (χ0n) is 12.8. The van der Waals surface area contributed by atoms with Crippen LogP contribution in [0.1, 0.15) is 39.5 Å². The van der Waals surface area contributed by atoms with Gasteiger partial charge in [-0.05, 0) is 36.8 Å². The SMILES string of the molecule is CC(C)C1CCCCC1Nc1nc2ccccc2nc1N. The third-order valence-electron chi connectivity index (χ3n) is 4.60. The molecule has 1 aromatic heterocycles. The van der Waals surface area contributed by atoms with E-state index in [1.54, 1.807) is 0 Å². The Morgan fingerprint density at radius 1 is 1.10 bits per heavy atom. The predicted molar refractivity (Wildman–Crippen MR) is 88.2 cm³/mol. The Labute approximate surface area is 126 Å². The molecular weight excluding hydrogens is 260 g/mol. The number of nitrogen functional groups attached to an aromatic ring is 1. The molecule has 3 N–H and O–H groups in total. The van der Waals surface area contributed by atoms with Gasteiger partial charge in [-0.25, -0.2) is 9.97 Å². The molecule has 0 amide bonds. The first-order valence-corrected chi connectivity index (χ1v) is 7.94. The second-order valence-electron chi connectivity index (χ2n) is 6.39. The van der Waals surface area contributed by atoms with Crippen LogP contribution in [0.5, 0.6) is 0 Å². The van der Waals surface area contributed by atoms with Gasteiger partial charge in [0.05, 0.1) is 11.0 Å². The monoisotopic (exact) mass is 284 g/mol. The van der Waals surface area contributed by atoms with Crippen LogP contribution < -0.4 is 11.1 Å². The molecule has 112 valence electrons. The summed E-state index contributed by atoms with van der Waals surface area (Å²) in [6, 6.07) is 8.32. The van der Waals surface area contributed by atoms with E-state index in [1.165, 1.54) is 25.7 Å². The van der Waals surface area contributed by atoms with Crippen molar-refractivity contribution in [1.29, 1.82) is 0 Å². The summed E-state index contributed by atoms with van der Waals surface area (Å²) < 4.78 is 0. The molecule has 0 bridgehead atoms. The summed E-state index contributed by atoms with van der Waals surface area (Å²) in [5.41, 5.74) is 7.84. The Morgan fingerprint density at radius 2 is 1.76 bits per heavy atom. The lowest BCUT2D eigenvalue weighted by atomic mass is 9.78. The van der Waals surface area contributed by atoms with E-state index in [0.717, 1.165) is 16.9 Å². The van der Waals surface area contributed by atoms with Crippen molar-refractivity contribution in [2.24, 2.45) is 11.8 Å². The smallest absolute Gasteiger partial charge is 0.169 e. The van der Waals surface area contributed by atoms with Crippen molar-refractivity contribution in [3.05, 3.63) is 24.3 Å². The minimum Gasteiger partial charge on any atom is -0.381 e. The molecule has 1 saturated carbocycles. The second kappa shape index (κ2) is 5.88. The maximum absolute atomic E-state index is 6.09. The Balaban J connectivity index is 1.88. The van der Waals surface area contributed by atoms with E-state index in [-0.39, 0.29) is 0 Å². The van der Waals surface area contributed by atoms with Gasteiger partial charge in [0.1, 0.15) is 0 Å². The van der Waals surface area contributed by atoms with Crippen molar-refractivity contribution in [2.75, 3.05) is 11.1 Å². The summed E-state index contributed by atoms with van der Waals surface area (Å²) in [5.74, 6) is 2.61. The summed E-state index contributed by atoms with van der Waals surface area (Å²) in [6.45, 7) is 4.61. The zero-order valence-corrected chi connectivity index (χ0v) is 12.8. The summed E-state index contributed by atoms with van der Waals surface area (Å²) in [4.78, 5) is 9.13. The minimum atomic E-state index is 0.455. The standard InChI is InChI=1S/C17H24N4/c1-11(2)12-7-3-4-8-13(12)20-17-16(18)19-14-9-5-6-10-15(14)21-17/h5-6,9-13H,3-4,7-8H2,1-2H3,(H2,18,19)(H,20,21). The first-order chi connectivity index (χ1) is 10.1. The number of aromatic nitrogens is 2. The summed E-state index contributed by atoms with van der Waals surface area (Å²) in [7, 11) is 0. The second-order valence-corrected chi connectivity index (χ2v) is 6.39. The molecule has 0 saturated heterocycles. The van der Waals surface area contributed by atoms with E-state index in [9.17, 15) is 0 Å². The van der Waals surface area contributed by atoms with Crippen LogP contribution in [0.3, 0.4) is 0 Å². The Kier molecular flexibility index (Phi) is 3.95. The van der Waals surface area contributed by atoms with Crippen molar-refractivity contribution >= 4 is 22.7 Å². The number of para-hydroxylation sites is 2. The van der Waals surface area contributed by atoms with Crippen LogP contribution in [0, 0.1) is 11.8 Å². The fourth-order valence-corrected chi connectivity index (χ4v) is 3.43. The fourth-order valence-electron chi connectivity index (χ4n) is 3.43. The molecule has 2 unspecified atom stereocenters. The van der Waals surface area contributed by atoms with Crippen molar-refractivity contribution in [3.8, 4) is 0 Å². The fraction of sp³-hybridized carbons (Fsp3) is 0.529. The van der Waals surface area contributed by atoms with Crippen molar-refractivity contribution in [2.45, 2.75) is 45.6 Å². The summed E-state index contributed by atoms with van der Waals surface area (Å²) in [5, 5.41) is 3.57. The molecule has 0 aliphatic heterocycles. The Morgan fingerprint density at radius 3 is 2.48 bits per heavy atom. The Bertz CT molecular complexity index is 623. The van der Waals surface area contributed by atoms with Gasteiger partial charge in [0.2, 0.25) is 0 Å². The van der Waals surface area contributed by atoms with Gasteiger partial charge < -0.3 is 11.1 Å². The number of nitrogens with two attached hydrogens (primary N) is 1. The van der Waals surface area contributed by atoms with Crippen LogP contribution >= 0.6 is 0 Å². The van der Waals surface area contributed by atoms with Crippen molar-refractivity contribution in [3.63, 3.8) is 0 Å². The number of hydrogen-bond donors (Lipinski definition) is 2. The van der Waals surface area contributed by atoms with E-state index in [1.807, 2.05) is 24.3 Å². The maximum Gasteiger partial charge on any atom is 0.169 e. The molecule has 1 heterocycles. The normalized spacial score (nSPS) is 22.6. The lowest BCUT2D eigenvalue weighted by molar-refractivity contribution is 0.253. The molecule has 4 heteroatoms. The van der Waals surface area contributed by atoms with E-state index < -0.39 is 0 Å². The lowest BCUT2D eigenvalue weighted by Gasteiger charge is -2.35. The highest BCUT2D eigenvalue weighted by molar-refractivity contribution is 5.79. The van der Waals surface area contributed by atoms with Gasteiger partial charge in [-0.2, -0.15) is 0 Å². The average molecular weight is 284 g/mol. The van der Waals surface area contributed by atoms with Crippen LogP contribution in [-0.2, 0) is 0 Å². The molecule has 2 aromatic rings. The molecule has 2 atom stereocenters. The molecule has 1 aliphatic carbocycles. The largest absolute Gasteiger partial charge is 0.381 e. The third kappa shape index (κ3) is 2.94. The van der Waals surface area contributed by atoms with E-state index >= 15 is 0 Å². The number of nitrogens with zero attached hydrogens (tertiary/aromatic N) is 2. The highest BCUT2D eigenvalue weighted by atomic mass is 15.1. The minimum absolute atomic E-state index is 0.455. The molecule has 0 spiro atoms. The zero-order chi connectivity index (χ0) is 14.8. The molecule has 1 fully saturated rings. The predicted octanol–water partition coefficient (Wildman–Crippen LogP) is 3.84. The van der Waals surface area contributed by atoms with Crippen LogP contribution in [0.2, 0.25) is 0 Å². The number of fused-ring (bicyclic) bond motifs is 1. The highest BCUT2D eigenvalue weighted by Gasteiger charge is 2.28. The number of hydrogen-bond acceptors (Lipinski definition) is 4. The summed E-state index contributed by atoms with van der Waals surface area (Å²) in [6.07, 6.45) is 5.09. The quantitative estimate of drug-likeness (QED) is 0.899. The first kappa shape index (κ1) is 14.1. The van der Waals surface area contributed by atoms with Crippen LogP contribution in [-0.4, -0.2) is 16.0 Å². The van der Waals surface area contributed by atoms with Crippen LogP contribution in [0.25, 0.3) is 11.0 Å². The van der Waals surface area contributed by atoms with E-state index in [2.05, 4.69) is 29.1 Å². The van der Waals surface area contributed by atoms with Gasteiger partial charge in [0.25, 0.3) is 0 Å². The van der Waals surface area contributed by atoms with Gasteiger partial charge in [0, 0.05) is 6.04 Å². The molecule has 0 radical (unpaired) electrons. The number of nitrogens with one attached hydrogen (secondary N) is 1. The lowest BCUT2D eigenvalue weighted by Crippen LogP contribution is -2.35. The first-order valence-electron chi connectivity index (χ1n) is 7.94. The third-order valence-corrected chi connectivity index (χ3v) is 4.60. The number of anilines is 2. The van der Waals surface area contributed by atoms with Gasteiger partial charge in [-0.1, -0.05) is 38.8 Å². The van der Waals surface area contributed by atoms with Gasteiger partial charge in [-0.3, -0.25) is 0 Å². The van der Waals surface area contributed by atoms with Gasteiger partial charge in [0.15, 0.2) is 11.6 Å². The molecular formula is C17H24N4. The molecule has 1 aliphatic rings. The molecule has 1 aromatic carbocycles. The average Bonchev–Trinajstić information content (AvgIpc) is 2.48. The summed E-state index contributed by atoms with van der Waals surface area (Å²) >= 11 is 0. The molecule has 3 rings (SSSR count). The van der Waals surface area contributed by atoms with E-state index in [0.29, 0.717) is 23.7 Å². The van der Waals surface area contributed by atoms with Gasteiger partial charge in [-0.15, -0.1) is 0 Å². The van der Waals surface area contributed by atoms with Gasteiger partial charge >= 0.3 is 0 Å². The highest BCUT2D eigenvalue weighted by Crippen LogP contribution is 2.33. The van der Waals surface area contributed by atoms with Crippen molar-refractivity contribution in [1.82, 2.24) is 9.97 Å². The topological polar surface area (TPSA) is 63.8 Å². The molecule has 4 nitrogen and oxygen atoms in total. The maximum atomic E-state index is 6.09. The van der Waals surface area contributed by atoms with E-state index in [4.69, 9.17) is 5.73 Å².